The molecule has 1 aliphatic rings. The van der Waals surface area contributed by atoms with Crippen LogP contribution in [-0.4, -0.2) is 61.6 Å². The summed E-state index contributed by atoms with van der Waals surface area (Å²) < 4.78 is 23.0. The van der Waals surface area contributed by atoms with Gasteiger partial charge in [-0.1, -0.05) is 0 Å². The number of hydrogen-bond acceptors (Lipinski definition) is 12. The van der Waals surface area contributed by atoms with E-state index >= 15 is 0 Å². The van der Waals surface area contributed by atoms with E-state index in [1.165, 1.54) is 38.1 Å². The fraction of sp³-hybridized carbons (Fsp3) is 0.353. The largest absolute Gasteiger partial charge is 0.492 e. The molecule has 2 aromatic carbocycles. The zero-order valence-corrected chi connectivity index (χ0v) is 29.2. The summed E-state index contributed by atoms with van der Waals surface area (Å²) in [6, 6.07) is 5.90. The predicted octanol–water partition coefficient (Wildman–Crippen LogP) is 3.57. The Kier molecular flexibility index (Phi) is 13.3. The van der Waals surface area contributed by atoms with E-state index in [-0.39, 0.29) is 72.6 Å². The number of nitrogens with one attached hydrogen (secondary N) is 6. The first-order valence-corrected chi connectivity index (χ1v) is 15.8. The molecule has 0 saturated heterocycles. The van der Waals surface area contributed by atoms with Crippen molar-refractivity contribution in [1.82, 2.24) is 10.6 Å². The normalized spacial score (nSPS) is 12.6. The van der Waals surface area contributed by atoms with E-state index in [0.717, 1.165) is 13.8 Å². The number of carbonyl (C=O) groups excluding carboxylic acids is 6. The van der Waals surface area contributed by atoms with Gasteiger partial charge in [0.05, 0.1) is 49.2 Å². The van der Waals surface area contributed by atoms with E-state index in [9.17, 15) is 28.8 Å². The second-order valence-corrected chi connectivity index (χ2v) is 10.6. The van der Waals surface area contributed by atoms with Gasteiger partial charge in [0, 0.05) is 52.0 Å². The molecule has 0 atom stereocenters. The van der Waals surface area contributed by atoms with Gasteiger partial charge in [-0.15, -0.1) is 0 Å². The maximum atomic E-state index is 14.3. The van der Waals surface area contributed by atoms with Crippen LogP contribution in [0, 0.1) is 0 Å². The molecule has 0 saturated carbocycles. The van der Waals surface area contributed by atoms with Crippen molar-refractivity contribution in [2.24, 2.45) is 0 Å². The van der Waals surface area contributed by atoms with Crippen LogP contribution in [0.25, 0.3) is 0 Å². The van der Waals surface area contributed by atoms with Gasteiger partial charge in [0.15, 0.2) is 0 Å². The van der Waals surface area contributed by atoms with Crippen molar-refractivity contribution in [3.63, 3.8) is 0 Å². The number of hydrogen-bond donors (Lipinski definition) is 6. The fourth-order valence-electron chi connectivity index (χ4n) is 4.79. The molecule has 0 radical (unpaired) electrons. The van der Waals surface area contributed by atoms with Crippen molar-refractivity contribution < 1.29 is 47.7 Å². The minimum Gasteiger partial charge on any atom is -0.492 e. The number of benzene rings is 2. The van der Waals surface area contributed by atoms with Crippen LogP contribution in [0.4, 0.5) is 22.7 Å². The van der Waals surface area contributed by atoms with Crippen LogP contribution in [0.3, 0.4) is 0 Å². The van der Waals surface area contributed by atoms with Crippen molar-refractivity contribution in [3.8, 4) is 23.0 Å². The summed E-state index contributed by atoms with van der Waals surface area (Å²) in [6.45, 7) is 12.7. The summed E-state index contributed by atoms with van der Waals surface area (Å²) in [5.74, 6) is -3.04. The highest BCUT2D eigenvalue weighted by Crippen LogP contribution is 2.40. The highest BCUT2D eigenvalue weighted by molar-refractivity contribution is 6.28. The zero-order chi connectivity index (χ0) is 37.1. The number of anilines is 4. The molecule has 16 nitrogen and oxygen atoms in total. The number of carbonyl (C=O) groups is 6. The van der Waals surface area contributed by atoms with Gasteiger partial charge in [-0.05, 0) is 27.7 Å². The second-order valence-electron chi connectivity index (χ2n) is 10.6. The van der Waals surface area contributed by atoms with Crippen LogP contribution in [0.15, 0.2) is 47.1 Å². The summed E-state index contributed by atoms with van der Waals surface area (Å²) >= 11 is 0. The van der Waals surface area contributed by atoms with E-state index in [4.69, 9.17) is 18.9 Å². The Morgan fingerprint density at radius 1 is 0.440 bits per heavy atom. The first-order chi connectivity index (χ1) is 23.7. The van der Waals surface area contributed by atoms with Crippen LogP contribution in [0.1, 0.15) is 55.4 Å². The quantitative estimate of drug-likeness (QED) is 0.139. The Hall–Kier alpha value is -6.06. The van der Waals surface area contributed by atoms with E-state index in [1.54, 1.807) is 27.7 Å². The first-order valence-electron chi connectivity index (χ1n) is 15.8. The molecular weight excluding hydrogens is 652 g/mol. The third-order valence-electron chi connectivity index (χ3n) is 6.51. The van der Waals surface area contributed by atoms with E-state index in [2.05, 4.69) is 31.9 Å². The summed E-state index contributed by atoms with van der Waals surface area (Å²) in [7, 11) is 0. The Balaban J connectivity index is 2.26. The van der Waals surface area contributed by atoms with Gasteiger partial charge in [0.25, 0.3) is 0 Å². The molecule has 0 fully saturated rings. The topological polar surface area (TPSA) is 212 Å². The number of ketones is 2. The van der Waals surface area contributed by atoms with Crippen LogP contribution in [0.5, 0.6) is 23.0 Å². The molecule has 2 aromatic rings. The van der Waals surface area contributed by atoms with Crippen molar-refractivity contribution in [1.29, 1.82) is 0 Å². The third kappa shape index (κ3) is 9.52. The molecule has 3 rings (SSSR count). The van der Waals surface area contributed by atoms with E-state index in [1.807, 2.05) is 0 Å². The summed E-state index contributed by atoms with van der Waals surface area (Å²) in [5, 5.41) is 16.0. The van der Waals surface area contributed by atoms with Gasteiger partial charge in [-0.3, -0.25) is 28.8 Å². The van der Waals surface area contributed by atoms with Gasteiger partial charge in [-0.25, -0.2) is 0 Å². The van der Waals surface area contributed by atoms with E-state index in [0.29, 0.717) is 11.4 Å². The highest BCUT2D eigenvalue weighted by Gasteiger charge is 2.37. The molecule has 0 bridgehead atoms. The van der Waals surface area contributed by atoms with Crippen LogP contribution in [-0.2, 0) is 28.8 Å². The van der Waals surface area contributed by atoms with Crippen LogP contribution < -0.4 is 50.8 Å². The number of ether oxygens (including phenoxy) is 4. The second kappa shape index (κ2) is 17.4. The molecule has 4 amide bonds. The van der Waals surface area contributed by atoms with E-state index < -0.39 is 46.2 Å². The smallest absolute Gasteiger partial charge is 0.230 e. The van der Waals surface area contributed by atoms with Gasteiger partial charge >= 0.3 is 0 Å². The number of rotatable bonds is 16. The predicted molar refractivity (Wildman–Crippen MR) is 185 cm³/mol. The molecular formula is C34H42N6O10. The monoisotopic (exact) mass is 694 g/mol. The number of amides is 4. The van der Waals surface area contributed by atoms with Crippen molar-refractivity contribution in [2.75, 3.05) is 47.7 Å². The molecule has 0 unspecified atom stereocenters. The van der Waals surface area contributed by atoms with Crippen molar-refractivity contribution >= 4 is 57.9 Å². The maximum absolute atomic E-state index is 14.3. The minimum atomic E-state index is -0.879. The average Bonchev–Trinajstić information content (AvgIpc) is 3.02. The van der Waals surface area contributed by atoms with Crippen molar-refractivity contribution in [3.05, 3.63) is 47.1 Å². The lowest BCUT2D eigenvalue weighted by molar-refractivity contribution is -0.122. The SMILES string of the molecule is CCOc1cc(NC2=C(NC(C)=O)C(=O)C(Nc3cc(OCC)c(NC(C)=O)cc3OCC)=C(NC(C)=O)C2=O)c(OCC)cc1NC(C)=O. The zero-order valence-electron chi connectivity index (χ0n) is 29.2. The first kappa shape index (κ1) is 38.4. The van der Waals surface area contributed by atoms with Gasteiger partial charge in [-0.2, -0.15) is 0 Å². The molecule has 0 aromatic heterocycles. The Bertz CT molecular complexity index is 1640. The Morgan fingerprint density at radius 3 is 0.960 bits per heavy atom. The summed E-state index contributed by atoms with van der Waals surface area (Å²) in [4.78, 5) is 77.2. The Labute approximate surface area is 289 Å². The minimum absolute atomic E-state index is 0.149. The molecule has 268 valence electrons. The average molecular weight is 695 g/mol. The lowest BCUT2D eigenvalue weighted by Crippen LogP contribution is -2.42. The molecule has 50 heavy (non-hydrogen) atoms. The summed E-state index contributed by atoms with van der Waals surface area (Å²) in [6.07, 6.45) is 0. The summed E-state index contributed by atoms with van der Waals surface area (Å²) in [5.41, 5.74) is -0.784. The number of Topliss-reactive ketones (excluding diaryl/α,β-unsaturated/α-hetero) is 2. The van der Waals surface area contributed by atoms with Crippen molar-refractivity contribution in [2.45, 2.75) is 55.4 Å². The fourth-order valence-corrected chi connectivity index (χ4v) is 4.79. The molecule has 1 aliphatic carbocycles. The van der Waals surface area contributed by atoms with Crippen LogP contribution in [0.2, 0.25) is 0 Å². The molecule has 0 aliphatic heterocycles. The molecule has 0 spiro atoms. The maximum Gasteiger partial charge on any atom is 0.230 e. The third-order valence-corrected chi connectivity index (χ3v) is 6.51. The van der Waals surface area contributed by atoms with Crippen LogP contribution >= 0.6 is 0 Å². The standard InChI is InChI=1S/C34H42N6O10/c1-9-47-25-15-23(27(49-11-3)13-21(25)35-17(5)41)39-31-29(37-19(7)43)34(46)32(30(33(31)45)38-20(8)44)40-24-16-26(48-10-2)22(36-18(6)42)14-28(24)50-12-4/h13-16,39-40H,9-12H2,1-8H3,(H,35,41)(H,36,42)(H,37,43)(H,38,44). The lowest BCUT2D eigenvalue weighted by Gasteiger charge is -2.27. The lowest BCUT2D eigenvalue weighted by atomic mass is 9.97. The highest BCUT2D eigenvalue weighted by atomic mass is 16.5. The van der Waals surface area contributed by atoms with Gasteiger partial charge in [0.2, 0.25) is 35.2 Å². The molecule has 16 heteroatoms. The van der Waals surface area contributed by atoms with Gasteiger partial charge in [0.1, 0.15) is 45.8 Å². The Morgan fingerprint density at radius 2 is 0.700 bits per heavy atom. The molecule has 6 N–H and O–H groups in total. The van der Waals surface area contributed by atoms with Gasteiger partial charge < -0.3 is 50.8 Å². The molecule has 0 heterocycles.